The van der Waals surface area contributed by atoms with Crippen LogP contribution in [0.25, 0.3) is 10.8 Å². The van der Waals surface area contributed by atoms with E-state index in [-0.39, 0.29) is 17.4 Å². The lowest BCUT2D eigenvalue weighted by molar-refractivity contribution is 0.0175. The van der Waals surface area contributed by atoms with Gasteiger partial charge in [0.1, 0.15) is 5.75 Å². The molecule has 2 saturated carbocycles. The molecule has 188 valence electrons. The molecular weight excluding hydrogens is 444 g/mol. The van der Waals surface area contributed by atoms with Gasteiger partial charge >= 0.3 is 0 Å². The topological polar surface area (TPSA) is 32.8 Å². The van der Waals surface area contributed by atoms with Gasteiger partial charge in [-0.25, -0.2) is 0 Å². The fourth-order valence-electron chi connectivity index (χ4n) is 6.98. The number of rotatable bonds is 6. The summed E-state index contributed by atoms with van der Waals surface area (Å²) in [6.07, 6.45) is 7.24. The van der Waals surface area contributed by atoms with Gasteiger partial charge in [-0.2, -0.15) is 0 Å². The molecule has 0 N–H and O–H groups in total. The number of carbonyl (C=O) groups is 1. The second-order valence-electron chi connectivity index (χ2n) is 11.5. The molecule has 0 radical (unpaired) electrons. The molecule has 0 spiro atoms. The lowest BCUT2D eigenvalue weighted by Gasteiger charge is -2.54. The number of benzene rings is 3. The van der Waals surface area contributed by atoms with Crippen LogP contribution in [0.1, 0.15) is 54.4 Å². The van der Waals surface area contributed by atoms with Crippen LogP contribution in [0.4, 0.5) is 0 Å². The number of piperidine rings is 1. The maximum absolute atomic E-state index is 13.7. The van der Waals surface area contributed by atoms with Crippen LogP contribution in [0.2, 0.25) is 0 Å². The predicted octanol–water partition coefficient (Wildman–Crippen LogP) is 6.14. The molecule has 1 amide bonds. The van der Waals surface area contributed by atoms with Crippen molar-refractivity contribution in [2.75, 3.05) is 33.8 Å². The molecule has 0 aromatic heterocycles. The van der Waals surface area contributed by atoms with Gasteiger partial charge in [0.2, 0.25) is 0 Å². The van der Waals surface area contributed by atoms with E-state index in [9.17, 15) is 4.79 Å². The number of hydrogen-bond acceptors (Lipinski definition) is 3. The zero-order valence-electron chi connectivity index (χ0n) is 21.7. The largest absolute Gasteiger partial charge is 0.497 e. The number of methoxy groups -OCH3 is 1. The minimum atomic E-state index is 0.0927. The normalized spacial score (nSPS) is 26.4. The predicted molar refractivity (Wildman–Crippen MR) is 146 cm³/mol. The maximum Gasteiger partial charge on any atom is 0.253 e. The highest BCUT2D eigenvalue weighted by molar-refractivity contribution is 5.98. The third-order valence-electron chi connectivity index (χ3n) is 9.30. The number of ether oxygens (including phenoxy) is 1. The zero-order chi connectivity index (χ0) is 24.7. The third kappa shape index (κ3) is 4.41. The summed E-state index contributed by atoms with van der Waals surface area (Å²) in [4.78, 5) is 18.4. The quantitative estimate of drug-likeness (QED) is 0.423. The molecule has 3 aliphatic rings. The molecule has 3 aromatic carbocycles. The standard InChI is InChI=1S/C32H38N2O2/c1-33(31(35)26-13-12-24-6-3-4-7-25(24)18-26)29-15-14-28-22-34(21-23-10-11-23)17-16-32(28,20-29)27-8-5-9-30(19-27)36-2/h3-9,12-13,18-19,23,28-29H,10-11,14-17,20-22H2,1-2H3/t28-,29+,32+/m1/s1. The van der Waals surface area contributed by atoms with Crippen LogP contribution >= 0.6 is 0 Å². The first-order valence-electron chi connectivity index (χ1n) is 13.7. The monoisotopic (exact) mass is 482 g/mol. The molecule has 1 saturated heterocycles. The Bertz CT molecular complexity index is 1250. The molecule has 3 aromatic rings. The van der Waals surface area contributed by atoms with Crippen molar-refractivity contribution in [3.63, 3.8) is 0 Å². The van der Waals surface area contributed by atoms with E-state index in [0.29, 0.717) is 5.92 Å². The van der Waals surface area contributed by atoms with Gasteiger partial charge in [-0.1, -0.05) is 42.5 Å². The smallest absolute Gasteiger partial charge is 0.253 e. The number of amides is 1. The fraction of sp³-hybridized carbons (Fsp3) is 0.469. The first kappa shape index (κ1) is 23.5. The van der Waals surface area contributed by atoms with Gasteiger partial charge in [0.25, 0.3) is 5.91 Å². The van der Waals surface area contributed by atoms with E-state index in [4.69, 9.17) is 4.74 Å². The summed E-state index contributed by atoms with van der Waals surface area (Å²) in [5.74, 6) is 2.62. The van der Waals surface area contributed by atoms with Crippen LogP contribution in [0.15, 0.2) is 66.7 Å². The highest BCUT2D eigenvalue weighted by Gasteiger charge is 2.49. The van der Waals surface area contributed by atoms with Crippen molar-refractivity contribution in [2.45, 2.75) is 50.0 Å². The van der Waals surface area contributed by atoms with Gasteiger partial charge < -0.3 is 14.5 Å². The number of hydrogen-bond donors (Lipinski definition) is 0. The molecule has 0 unspecified atom stereocenters. The maximum atomic E-state index is 13.7. The number of carbonyl (C=O) groups excluding carboxylic acids is 1. The summed E-state index contributed by atoms with van der Waals surface area (Å²) in [6, 6.07) is 23.4. The molecule has 3 fully saturated rings. The highest BCUT2D eigenvalue weighted by Crippen LogP contribution is 2.51. The molecule has 36 heavy (non-hydrogen) atoms. The third-order valence-corrected chi connectivity index (χ3v) is 9.30. The van der Waals surface area contributed by atoms with Gasteiger partial charge in [0.05, 0.1) is 7.11 Å². The van der Waals surface area contributed by atoms with Crippen LogP contribution in [0, 0.1) is 11.8 Å². The van der Waals surface area contributed by atoms with Crippen LogP contribution in [-0.4, -0.2) is 55.5 Å². The van der Waals surface area contributed by atoms with Crippen molar-refractivity contribution in [3.8, 4) is 5.75 Å². The summed E-state index contributed by atoms with van der Waals surface area (Å²) in [7, 11) is 3.77. The Kier molecular flexibility index (Phi) is 6.25. The Balaban J connectivity index is 1.27. The van der Waals surface area contributed by atoms with Crippen molar-refractivity contribution in [1.82, 2.24) is 9.80 Å². The van der Waals surface area contributed by atoms with Gasteiger partial charge in [-0.3, -0.25) is 4.79 Å². The molecule has 2 aliphatic carbocycles. The minimum absolute atomic E-state index is 0.0927. The SMILES string of the molecule is COc1cccc([C@@]23CCN(CC4CC4)C[C@H]2CC[C@H](N(C)C(=O)c2ccc4ccccc4c2)C3)c1. The summed E-state index contributed by atoms with van der Waals surface area (Å²) in [5.41, 5.74) is 2.28. The molecule has 6 rings (SSSR count). The highest BCUT2D eigenvalue weighted by atomic mass is 16.5. The van der Waals surface area contributed by atoms with E-state index in [1.807, 2.05) is 42.3 Å². The van der Waals surface area contributed by atoms with Crippen LogP contribution < -0.4 is 4.74 Å². The zero-order valence-corrected chi connectivity index (χ0v) is 21.7. The molecule has 3 atom stereocenters. The summed E-state index contributed by atoms with van der Waals surface area (Å²) in [6.45, 7) is 3.61. The molecule has 0 bridgehead atoms. The molecule has 4 nitrogen and oxygen atoms in total. The number of nitrogens with zero attached hydrogens (tertiary/aromatic N) is 2. The second kappa shape index (κ2) is 9.55. The Morgan fingerprint density at radius 3 is 2.64 bits per heavy atom. The van der Waals surface area contributed by atoms with Crippen LogP contribution in [0.5, 0.6) is 5.75 Å². The number of fused-ring (bicyclic) bond motifs is 2. The van der Waals surface area contributed by atoms with Crippen molar-refractivity contribution < 1.29 is 9.53 Å². The van der Waals surface area contributed by atoms with E-state index in [2.05, 4.69) is 41.3 Å². The minimum Gasteiger partial charge on any atom is -0.497 e. The van der Waals surface area contributed by atoms with Gasteiger partial charge in [0.15, 0.2) is 0 Å². The van der Waals surface area contributed by atoms with Crippen molar-refractivity contribution in [2.24, 2.45) is 11.8 Å². The first-order valence-corrected chi connectivity index (χ1v) is 13.7. The van der Waals surface area contributed by atoms with Crippen molar-refractivity contribution in [3.05, 3.63) is 77.9 Å². The van der Waals surface area contributed by atoms with E-state index >= 15 is 0 Å². The van der Waals surface area contributed by atoms with Crippen molar-refractivity contribution in [1.29, 1.82) is 0 Å². The Morgan fingerprint density at radius 2 is 1.83 bits per heavy atom. The average molecular weight is 483 g/mol. The molecule has 1 aliphatic heterocycles. The first-order chi connectivity index (χ1) is 17.6. The van der Waals surface area contributed by atoms with Crippen LogP contribution in [0.3, 0.4) is 0 Å². The molecular formula is C32H38N2O2. The van der Waals surface area contributed by atoms with E-state index in [0.717, 1.165) is 48.4 Å². The summed E-state index contributed by atoms with van der Waals surface area (Å²) in [5, 5.41) is 2.29. The van der Waals surface area contributed by atoms with Crippen molar-refractivity contribution >= 4 is 16.7 Å². The van der Waals surface area contributed by atoms with E-state index in [1.165, 1.54) is 43.3 Å². The fourth-order valence-corrected chi connectivity index (χ4v) is 6.98. The second-order valence-corrected chi connectivity index (χ2v) is 11.5. The van der Waals surface area contributed by atoms with E-state index < -0.39 is 0 Å². The van der Waals surface area contributed by atoms with Gasteiger partial charge in [-0.05, 0) is 97.5 Å². The molecule has 1 heterocycles. The van der Waals surface area contributed by atoms with Gasteiger partial charge in [-0.15, -0.1) is 0 Å². The Hall–Kier alpha value is -2.85. The van der Waals surface area contributed by atoms with Crippen LogP contribution in [-0.2, 0) is 5.41 Å². The van der Waals surface area contributed by atoms with E-state index in [1.54, 1.807) is 7.11 Å². The Morgan fingerprint density at radius 1 is 1.00 bits per heavy atom. The summed E-state index contributed by atoms with van der Waals surface area (Å²) < 4.78 is 5.63. The number of likely N-dealkylation sites (tertiary alicyclic amines) is 1. The Labute approximate surface area is 215 Å². The summed E-state index contributed by atoms with van der Waals surface area (Å²) >= 11 is 0. The van der Waals surface area contributed by atoms with Gasteiger partial charge in [0, 0.05) is 37.2 Å². The molecule has 4 heteroatoms. The average Bonchev–Trinajstić information content (AvgIpc) is 3.75. The lowest BCUT2D eigenvalue weighted by Crippen LogP contribution is -2.56. The lowest BCUT2D eigenvalue weighted by atomic mass is 9.57.